The average Bonchev–Trinajstić information content (AvgIpc) is 2.44. The van der Waals surface area contributed by atoms with Crippen LogP contribution in [-0.4, -0.2) is 32.0 Å². The van der Waals surface area contributed by atoms with Crippen LogP contribution >= 0.6 is 0 Å². The van der Waals surface area contributed by atoms with Crippen molar-refractivity contribution in [2.24, 2.45) is 0 Å². The molecule has 1 saturated heterocycles. The third-order valence-corrected chi connectivity index (χ3v) is 4.65. The maximum absolute atomic E-state index is 6.47. The predicted octanol–water partition coefficient (Wildman–Crippen LogP) is 3.07. The Balaban J connectivity index is 1.96. The van der Waals surface area contributed by atoms with Gasteiger partial charge in [0, 0.05) is 36.9 Å². The van der Waals surface area contributed by atoms with Crippen molar-refractivity contribution in [3.8, 4) is 11.5 Å². The van der Waals surface area contributed by atoms with Gasteiger partial charge in [0.1, 0.15) is 17.1 Å². The molecule has 1 N–H and O–H groups in total. The lowest BCUT2D eigenvalue weighted by Crippen LogP contribution is -2.52. The molecule has 2 aliphatic heterocycles. The van der Waals surface area contributed by atoms with E-state index in [1.54, 1.807) is 7.11 Å². The summed E-state index contributed by atoms with van der Waals surface area (Å²) in [6.45, 7) is 5.04. The predicted molar refractivity (Wildman–Crippen MR) is 82.0 cm³/mol. The first kappa shape index (κ1) is 14.7. The number of nitrogens with one attached hydrogen (secondary N) is 1. The molecule has 2 unspecified atom stereocenters. The summed E-state index contributed by atoms with van der Waals surface area (Å²) in [6.07, 6.45) is 2.83. The SMILES string of the molecule is CNC1CC2(CCOC(C)(C)C2)Oc2cc(OC)ccc21. The summed E-state index contributed by atoms with van der Waals surface area (Å²) in [4.78, 5) is 0. The van der Waals surface area contributed by atoms with Crippen molar-refractivity contribution in [3.05, 3.63) is 23.8 Å². The minimum Gasteiger partial charge on any atom is -0.497 e. The summed E-state index contributed by atoms with van der Waals surface area (Å²) < 4.78 is 17.7. The molecule has 2 heterocycles. The monoisotopic (exact) mass is 291 g/mol. The van der Waals surface area contributed by atoms with Crippen molar-refractivity contribution in [1.82, 2.24) is 5.32 Å². The van der Waals surface area contributed by atoms with Gasteiger partial charge in [-0.25, -0.2) is 0 Å². The van der Waals surface area contributed by atoms with E-state index in [2.05, 4.69) is 25.2 Å². The Hall–Kier alpha value is -1.26. The Morgan fingerprint density at radius 2 is 2.14 bits per heavy atom. The van der Waals surface area contributed by atoms with Crippen LogP contribution in [0.5, 0.6) is 11.5 Å². The summed E-state index contributed by atoms with van der Waals surface area (Å²) in [6, 6.07) is 6.42. The number of ether oxygens (including phenoxy) is 3. The van der Waals surface area contributed by atoms with E-state index in [-0.39, 0.29) is 11.2 Å². The quantitative estimate of drug-likeness (QED) is 0.909. The molecule has 2 atom stereocenters. The fourth-order valence-electron chi connectivity index (χ4n) is 3.72. The highest BCUT2D eigenvalue weighted by molar-refractivity contribution is 5.44. The molecule has 116 valence electrons. The van der Waals surface area contributed by atoms with E-state index in [1.807, 2.05) is 19.2 Å². The third-order valence-electron chi connectivity index (χ3n) is 4.65. The highest BCUT2D eigenvalue weighted by Gasteiger charge is 2.47. The highest BCUT2D eigenvalue weighted by Crippen LogP contribution is 2.47. The zero-order chi connectivity index (χ0) is 15.1. The van der Waals surface area contributed by atoms with Crippen LogP contribution in [0.15, 0.2) is 18.2 Å². The van der Waals surface area contributed by atoms with Gasteiger partial charge >= 0.3 is 0 Å². The van der Waals surface area contributed by atoms with E-state index < -0.39 is 0 Å². The number of methoxy groups -OCH3 is 1. The number of fused-ring (bicyclic) bond motifs is 1. The molecule has 0 amide bonds. The van der Waals surface area contributed by atoms with Crippen molar-refractivity contribution < 1.29 is 14.2 Å². The van der Waals surface area contributed by atoms with Gasteiger partial charge in [-0.15, -0.1) is 0 Å². The number of benzene rings is 1. The Bertz CT molecular complexity index is 529. The summed E-state index contributed by atoms with van der Waals surface area (Å²) in [5.41, 5.74) is 0.940. The van der Waals surface area contributed by atoms with Crippen molar-refractivity contribution >= 4 is 0 Å². The second kappa shape index (κ2) is 5.18. The topological polar surface area (TPSA) is 39.7 Å². The summed E-state index contributed by atoms with van der Waals surface area (Å²) >= 11 is 0. The van der Waals surface area contributed by atoms with Crippen LogP contribution in [0.4, 0.5) is 0 Å². The highest BCUT2D eigenvalue weighted by atomic mass is 16.5. The van der Waals surface area contributed by atoms with Gasteiger partial charge in [-0.3, -0.25) is 0 Å². The van der Waals surface area contributed by atoms with Gasteiger partial charge in [0.15, 0.2) is 0 Å². The molecule has 1 fully saturated rings. The molecule has 0 radical (unpaired) electrons. The van der Waals surface area contributed by atoms with Gasteiger partial charge in [-0.05, 0) is 27.0 Å². The van der Waals surface area contributed by atoms with E-state index in [0.717, 1.165) is 37.4 Å². The van der Waals surface area contributed by atoms with Crippen LogP contribution in [0.25, 0.3) is 0 Å². The van der Waals surface area contributed by atoms with Gasteiger partial charge < -0.3 is 19.5 Å². The van der Waals surface area contributed by atoms with Gasteiger partial charge in [-0.1, -0.05) is 6.07 Å². The summed E-state index contributed by atoms with van der Waals surface area (Å²) in [5.74, 6) is 1.78. The molecule has 1 spiro atoms. The smallest absolute Gasteiger partial charge is 0.128 e. The first-order valence-corrected chi connectivity index (χ1v) is 7.65. The summed E-state index contributed by atoms with van der Waals surface area (Å²) in [5, 5.41) is 3.43. The van der Waals surface area contributed by atoms with Gasteiger partial charge in [0.2, 0.25) is 0 Å². The lowest BCUT2D eigenvalue weighted by atomic mass is 9.77. The van der Waals surface area contributed by atoms with Crippen molar-refractivity contribution in [1.29, 1.82) is 0 Å². The van der Waals surface area contributed by atoms with E-state index in [1.165, 1.54) is 5.56 Å². The molecule has 0 saturated carbocycles. The zero-order valence-electron chi connectivity index (χ0n) is 13.4. The minimum absolute atomic E-state index is 0.132. The molecule has 4 heteroatoms. The Morgan fingerprint density at radius 3 is 2.81 bits per heavy atom. The normalized spacial score (nSPS) is 30.6. The standard InChI is InChI=1S/C17H25NO3/c1-16(2)11-17(7-8-20-16)10-14(18-3)13-6-5-12(19-4)9-15(13)21-17/h5-6,9,14,18H,7-8,10-11H2,1-4H3. The molecule has 0 aromatic heterocycles. The fourth-order valence-corrected chi connectivity index (χ4v) is 3.72. The van der Waals surface area contributed by atoms with Crippen molar-refractivity contribution in [2.45, 2.75) is 50.4 Å². The number of hydrogen-bond donors (Lipinski definition) is 1. The number of hydrogen-bond acceptors (Lipinski definition) is 4. The molecule has 1 aromatic carbocycles. The molecule has 3 rings (SSSR count). The average molecular weight is 291 g/mol. The van der Waals surface area contributed by atoms with Crippen LogP contribution < -0.4 is 14.8 Å². The molecule has 21 heavy (non-hydrogen) atoms. The van der Waals surface area contributed by atoms with Crippen LogP contribution in [0, 0.1) is 0 Å². The van der Waals surface area contributed by atoms with Gasteiger partial charge in [0.25, 0.3) is 0 Å². The summed E-state index contributed by atoms with van der Waals surface area (Å²) in [7, 11) is 3.70. The maximum atomic E-state index is 6.47. The fraction of sp³-hybridized carbons (Fsp3) is 0.647. The van der Waals surface area contributed by atoms with Crippen molar-refractivity contribution in [3.63, 3.8) is 0 Å². The lowest BCUT2D eigenvalue weighted by Gasteiger charge is -2.49. The Morgan fingerprint density at radius 1 is 1.33 bits per heavy atom. The second-order valence-corrected chi connectivity index (χ2v) is 6.77. The van der Waals surface area contributed by atoms with E-state index in [4.69, 9.17) is 14.2 Å². The molecule has 2 aliphatic rings. The van der Waals surface area contributed by atoms with Crippen molar-refractivity contribution in [2.75, 3.05) is 20.8 Å². The molecular weight excluding hydrogens is 266 g/mol. The van der Waals surface area contributed by atoms with E-state index in [9.17, 15) is 0 Å². The third kappa shape index (κ3) is 2.74. The molecular formula is C17H25NO3. The number of rotatable bonds is 2. The molecule has 0 aliphatic carbocycles. The van der Waals surface area contributed by atoms with Gasteiger partial charge in [-0.2, -0.15) is 0 Å². The molecule has 1 aromatic rings. The largest absolute Gasteiger partial charge is 0.497 e. The van der Waals surface area contributed by atoms with Crippen LogP contribution in [0.3, 0.4) is 0 Å². The van der Waals surface area contributed by atoms with Crippen LogP contribution in [-0.2, 0) is 4.74 Å². The minimum atomic E-state index is -0.144. The van der Waals surface area contributed by atoms with E-state index >= 15 is 0 Å². The Labute approximate surface area is 126 Å². The van der Waals surface area contributed by atoms with Crippen LogP contribution in [0.2, 0.25) is 0 Å². The van der Waals surface area contributed by atoms with Gasteiger partial charge in [0.05, 0.1) is 19.3 Å². The van der Waals surface area contributed by atoms with Crippen LogP contribution in [0.1, 0.15) is 44.7 Å². The lowest BCUT2D eigenvalue weighted by molar-refractivity contribution is -0.142. The molecule has 4 nitrogen and oxygen atoms in total. The van der Waals surface area contributed by atoms with E-state index in [0.29, 0.717) is 6.04 Å². The maximum Gasteiger partial charge on any atom is 0.128 e. The first-order chi connectivity index (χ1) is 9.97. The molecule has 0 bridgehead atoms. The Kier molecular flexibility index (Phi) is 3.62. The zero-order valence-corrected chi connectivity index (χ0v) is 13.4. The second-order valence-electron chi connectivity index (χ2n) is 6.77. The first-order valence-electron chi connectivity index (χ1n) is 7.65.